The maximum absolute atomic E-state index is 6.74. The molecular formula is C49H33NOS. The van der Waals surface area contributed by atoms with Gasteiger partial charge < -0.3 is 9.32 Å². The number of fused-ring (bicyclic) bond motifs is 11. The van der Waals surface area contributed by atoms with E-state index in [4.69, 9.17) is 4.42 Å². The minimum absolute atomic E-state index is 0.0995. The minimum Gasteiger partial charge on any atom is -0.455 e. The van der Waals surface area contributed by atoms with Crippen molar-refractivity contribution in [2.75, 3.05) is 4.90 Å². The summed E-state index contributed by atoms with van der Waals surface area (Å²) >= 11 is 1.87. The first-order valence-corrected chi connectivity index (χ1v) is 18.7. The van der Waals surface area contributed by atoms with Crippen LogP contribution in [0.5, 0.6) is 0 Å². The Morgan fingerprint density at radius 3 is 2.04 bits per heavy atom. The van der Waals surface area contributed by atoms with Crippen molar-refractivity contribution in [3.63, 3.8) is 0 Å². The van der Waals surface area contributed by atoms with Crippen LogP contribution in [0.3, 0.4) is 0 Å². The van der Waals surface area contributed by atoms with Crippen LogP contribution in [0.2, 0.25) is 0 Å². The Labute approximate surface area is 305 Å². The van der Waals surface area contributed by atoms with E-state index in [2.05, 4.69) is 183 Å². The van der Waals surface area contributed by atoms with Gasteiger partial charge in [-0.2, -0.15) is 0 Å². The van der Waals surface area contributed by atoms with Crippen molar-refractivity contribution in [2.45, 2.75) is 19.3 Å². The van der Waals surface area contributed by atoms with Gasteiger partial charge in [0, 0.05) is 53.9 Å². The van der Waals surface area contributed by atoms with Gasteiger partial charge in [-0.05, 0) is 64.0 Å². The second-order valence-electron chi connectivity index (χ2n) is 14.5. The molecular weight excluding hydrogens is 651 g/mol. The highest BCUT2D eigenvalue weighted by atomic mass is 32.1. The van der Waals surface area contributed by atoms with Gasteiger partial charge >= 0.3 is 0 Å². The van der Waals surface area contributed by atoms with E-state index in [0.29, 0.717) is 0 Å². The zero-order valence-corrected chi connectivity index (χ0v) is 29.7. The van der Waals surface area contributed by atoms with Crippen LogP contribution in [0.4, 0.5) is 17.1 Å². The van der Waals surface area contributed by atoms with Crippen LogP contribution in [0.15, 0.2) is 168 Å². The molecule has 0 bridgehead atoms. The molecule has 0 amide bonds. The van der Waals surface area contributed by atoms with Crippen LogP contribution in [0.1, 0.15) is 25.0 Å². The molecule has 246 valence electrons. The average molecular weight is 684 g/mol. The van der Waals surface area contributed by atoms with Gasteiger partial charge in [-0.1, -0.05) is 141 Å². The fourth-order valence-electron chi connectivity index (χ4n) is 8.78. The van der Waals surface area contributed by atoms with Crippen LogP contribution < -0.4 is 4.90 Å². The molecule has 0 aliphatic heterocycles. The smallest absolute Gasteiger partial charge is 0.143 e. The molecule has 0 N–H and O–H groups in total. The quantitative estimate of drug-likeness (QED) is 0.184. The highest BCUT2D eigenvalue weighted by Gasteiger charge is 2.38. The Kier molecular flexibility index (Phi) is 6.21. The second kappa shape index (κ2) is 10.9. The summed E-state index contributed by atoms with van der Waals surface area (Å²) in [5.41, 5.74) is 12.9. The fraction of sp³-hybridized carbons (Fsp3) is 0.0612. The number of benzene rings is 8. The van der Waals surface area contributed by atoms with Crippen molar-refractivity contribution in [2.24, 2.45) is 0 Å². The maximum Gasteiger partial charge on any atom is 0.143 e. The molecule has 0 unspecified atom stereocenters. The average Bonchev–Trinajstić information content (AvgIpc) is 3.84. The molecule has 0 radical (unpaired) electrons. The zero-order chi connectivity index (χ0) is 34.6. The van der Waals surface area contributed by atoms with Crippen LogP contribution in [0.25, 0.3) is 75.1 Å². The molecule has 0 atom stereocenters. The van der Waals surface area contributed by atoms with Crippen LogP contribution in [-0.2, 0) is 5.41 Å². The molecule has 8 aromatic carbocycles. The van der Waals surface area contributed by atoms with E-state index >= 15 is 0 Å². The van der Waals surface area contributed by atoms with E-state index in [0.717, 1.165) is 44.1 Å². The van der Waals surface area contributed by atoms with Gasteiger partial charge in [-0.15, -0.1) is 11.3 Å². The molecule has 10 aromatic rings. The Hall–Kier alpha value is -6.16. The molecule has 3 heteroatoms. The summed E-state index contributed by atoms with van der Waals surface area (Å²) in [4.78, 5) is 2.49. The largest absolute Gasteiger partial charge is 0.455 e. The van der Waals surface area contributed by atoms with Crippen LogP contribution in [0, 0.1) is 0 Å². The molecule has 2 aromatic heterocycles. The first-order chi connectivity index (χ1) is 25.6. The van der Waals surface area contributed by atoms with Crippen molar-refractivity contribution in [3.8, 4) is 22.3 Å². The van der Waals surface area contributed by atoms with Crippen molar-refractivity contribution >= 4 is 81.3 Å². The summed E-state index contributed by atoms with van der Waals surface area (Å²) in [6.07, 6.45) is 0. The predicted molar refractivity (Wildman–Crippen MR) is 222 cm³/mol. The highest BCUT2D eigenvalue weighted by molar-refractivity contribution is 7.26. The maximum atomic E-state index is 6.74. The van der Waals surface area contributed by atoms with Gasteiger partial charge in [-0.25, -0.2) is 0 Å². The lowest BCUT2D eigenvalue weighted by Gasteiger charge is -2.29. The Bertz CT molecular complexity index is 3050. The summed E-state index contributed by atoms with van der Waals surface area (Å²) in [5.74, 6) is 0. The van der Waals surface area contributed by atoms with E-state index < -0.39 is 0 Å². The van der Waals surface area contributed by atoms with Gasteiger partial charge in [0.1, 0.15) is 11.2 Å². The Balaban J connectivity index is 1.13. The zero-order valence-electron chi connectivity index (χ0n) is 28.9. The number of para-hydroxylation sites is 1. The lowest BCUT2D eigenvalue weighted by atomic mass is 9.82. The predicted octanol–water partition coefficient (Wildman–Crippen LogP) is 14.6. The monoisotopic (exact) mass is 683 g/mol. The van der Waals surface area contributed by atoms with Crippen LogP contribution in [-0.4, -0.2) is 0 Å². The number of nitrogens with zero attached hydrogens (tertiary/aromatic N) is 1. The number of thiophene rings is 1. The van der Waals surface area contributed by atoms with E-state index in [1.807, 2.05) is 11.3 Å². The van der Waals surface area contributed by atoms with E-state index in [1.54, 1.807) is 0 Å². The number of furan rings is 1. The number of anilines is 3. The Morgan fingerprint density at radius 1 is 0.481 bits per heavy atom. The molecule has 52 heavy (non-hydrogen) atoms. The molecule has 1 aliphatic carbocycles. The molecule has 0 fully saturated rings. The standard InChI is InChI=1S/C49H33NOS/c1-49(2)40-19-7-5-15-39(40)45-41(49)20-11-21-42(45)50(43-22-10-18-38-35-14-6-8-23-44(35)52-48(38)43)32-27-24-31(25-28-32)34-16-9-17-36-37-29-26-30-12-3-4-13-33(30)47(37)51-46(34)36/h3-29H,1-2H3. The van der Waals surface area contributed by atoms with Crippen molar-refractivity contribution in [3.05, 3.63) is 175 Å². The van der Waals surface area contributed by atoms with Gasteiger partial charge in [-0.3, -0.25) is 0 Å². The fourth-order valence-corrected chi connectivity index (χ4v) is 9.99. The van der Waals surface area contributed by atoms with Crippen molar-refractivity contribution < 1.29 is 4.42 Å². The van der Waals surface area contributed by atoms with Gasteiger partial charge in [0.05, 0.1) is 16.1 Å². The molecule has 2 heterocycles. The van der Waals surface area contributed by atoms with Crippen molar-refractivity contribution in [1.29, 1.82) is 0 Å². The summed E-state index contributed by atoms with van der Waals surface area (Å²) < 4.78 is 9.33. The summed E-state index contributed by atoms with van der Waals surface area (Å²) in [6, 6.07) is 59.8. The minimum atomic E-state index is -0.0995. The first-order valence-electron chi connectivity index (χ1n) is 17.9. The van der Waals surface area contributed by atoms with Gasteiger partial charge in [0.15, 0.2) is 0 Å². The number of hydrogen-bond donors (Lipinski definition) is 0. The number of hydrogen-bond acceptors (Lipinski definition) is 3. The topological polar surface area (TPSA) is 16.4 Å². The van der Waals surface area contributed by atoms with E-state index in [-0.39, 0.29) is 5.41 Å². The normalized spacial score (nSPS) is 13.3. The first kappa shape index (κ1) is 29.6. The highest BCUT2D eigenvalue weighted by Crippen LogP contribution is 2.55. The number of rotatable bonds is 4. The molecule has 11 rings (SSSR count). The molecule has 0 spiro atoms. The van der Waals surface area contributed by atoms with Gasteiger partial charge in [0.2, 0.25) is 0 Å². The summed E-state index contributed by atoms with van der Waals surface area (Å²) in [6.45, 7) is 4.71. The van der Waals surface area contributed by atoms with Gasteiger partial charge in [0.25, 0.3) is 0 Å². The third-order valence-electron chi connectivity index (χ3n) is 11.3. The third-order valence-corrected chi connectivity index (χ3v) is 12.5. The Morgan fingerprint density at radius 2 is 1.13 bits per heavy atom. The SMILES string of the molecule is CC1(C)c2ccccc2-c2c(N(c3ccc(-c4cccc5c4oc4c6ccccc6ccc54)cc3)c3cccc4c3sc3ccccc34)cccc21. The molecule has 1 aliphatic rings. The third kappa shape index (κ3) is 4.11. The van der Waals surface area contributed by atoms with Crippen LogP contribution >= 0.6 is 11.3 Å². The lowest BCUT2D eigenvalue weighted by Crippen LogP contribution is -2.16. The molecule has 0 saturated heterocycles. The molecule has 2 nitrogen and oxygen atoms in total. The van der Waals surface area contributed by atoms with Crippen molar-refractivity contribution in [1.82, 2.24) is 0 Å². The lowest BCUT2D eigenvalue weighted by molar-refractivity contribution is 0.660. The summed E-state index contributed by atoms with van der Waals surface area (Å²) in [5, 5.41) is 7.21. The molecule has 0 saturated carbocycles. The van der Waals surface area contributed by atoms with E-state index in [1.165, 1.54) is 59.2 Å². The summed E-state index contributed by atoms with van der Waals surface area (Å²) in [7, 11) is 0. The second-order valence-corrected chi connectivity index (χ2v) is 15.5. The van der Waals surface area contributed by atoms with E-state index in [9.17, 15) is 0 Å².